The number of nitro groups is 1. The second-order valence-corrected chi connectivity index (χ2v) is 9.18. The normalized spacial score (nSPS) is 16.2. The predicted octanol–water partition coefficient (Wildman–Crippen LogP) is 1.16. The van der Waals surface area contributed by atoms with E-state index in [1.165, 1.54) is 12.1 Å². The van der Waals surface area contributed by atoms with Crippen LogP contribution in [-0.2, 0) is 33.9 Å². The molecule has 0 amide bonds. The molecule has 1 aromatic heterocycles. The molecule has 2 heterocycles. The zero-order valence-electron chi connectivity index (χ0n) is 21.2. The first-order chi connectivity index (χ1) is 18.1. The van der Waals surface area contributed by atoms with Gasteiger partial charge in [-0.1, -0.05) is 18.2 Å². The van der Waals surface area contributed by atoms with Crippen LogP contribution in [0.5, 0.6) is 0 Å². The summed E-state index contributed by atoms with van der Waals surface area (Å²) in [6, 6.07) is 10.4. The topological polar surface area (TPSA) is 178 Å². The molecule has 1 aliphatic heterocycles. The minimum absolute atomic E-state index is 0. The fourth-order valence-corrected chi connectivity index (χ4v) is 4.46. The van der Waals surface area contributed by atoms with Gasteiger partial charge in [0.05, 0.1) is 29.4 Å². The van der Waals surface area contributed by atoms with Gasteiger partial charge in [-0.3, -0.25) is 44.2 Å². The van der Waals surface area contributed by atoms with Crippen LogP contribution in [-0.4, -0.2) is 103 Å². The molecule has 1 aliphatic rings. The number of nitro benzene ring substituents is 1. The molecule has 1 aromatic carbocycles. The number of pyridine rings is 1. The Kier molecular flexibility index (Phi) is 13.2. The number of carboxylic acid groups (broad SMARTS) is 3. The van der Waals surface area contributed by atoms with Gasteiger partial charge in [0.25, 0.3) is 5.69 Å². The Balaban J connectivity index is 0.00000533. The first-order valence-electron chi connectivity index (χ1n) is 12.1. The number of carbonyl (C=O) groups is 3. The SMILES string of the molecule is O=C(O)CN1CCN(CC(=O)O)Cc2cccc(n2)CN(C(CCc2ccc([N+](=O)[O-])cc2)C(=O)O)CC1.[Gd]. The van der Waals surface area contributed by atoms with Gasteiger partial charge in [-0.05, 0) is 30.5 Å². The quantitative estimate of drug-likeness (QED) is 0.241. The molecule has 0 spiro atoms. The fraction of sp³-hybridized carbons (Fsp3) is 0.440. The number of nitrogens with zero attached hydrogens (tertiary/aromatic N) is 5. The van der Waals surface area contributed by atoms with Crippen molar-refractivity contribution in [3.63, 3.8) is 0 Å². The molecule has 39 heavy (non-hydrogen) atoms. The molecule has 14 heteroatoms. The number of aromatic nitrogens is 1. The first-order valence-corrected chi connectivity index (χ1v) is 12.1. The molecule has 0 aliphatic carbocycles. The maximum absolute atomic E-state index is 12.3. The summed E-state index contributed by atoms with van der Waals surface area (Å²) in [7, 11) is 0. The van der Waals surface area contributed by atoms with Crippen molar-refractivity contribution in [1.29, 1.82) is 0 Å². The van der Waals surface area contributed by atoms with Crippen LogP contribution in [0.4, 0.5) is 5.69 Å². The molecular weight excluding hydrogens is 656 g/mol. The van der Waals surface area contributed by atoms with Crippen LogP contribution in [0.1, 0.15) is 23.4 Å². The molecule has 1 atom stereocenters. The van der Waals surface area contributed by atoms with Crippen molar-refractivity contribution in [3.8, 4) is 0 Å². The molecule has 0 saturated heterocycles. The monoisotopic (exact) mass is 687 g/mol. The number of aliphatic carboxylic acids is 3. The number of carboxylic acids is 3. The van der Waals surface area contributed by atoms with E-state index >= 15 is 0 Å². The summed E-state index contributed by atoms with van der Waals surface area (Å²) in [4.78, 5) is 55.3. The van der Waals surface area contributed by atoms with Crippen molar-refractivity contribution in [1.82, 2.24) is 19.7 Å². The summed E-state index contributed by atoms with van der Waals surface area (Å²) in [6.07, 6.45) is 0.611. The Morgan fingerprint density at radius 2 is 1.44 bits per heavy atom. The van der Waals surface area contributed by atoms with Crippen LogP contribution in [0.15, 0.2) is 42.5 Å². The summed E-state index contributed by atoms with van der Waals surface area (Å²) >= 11 is 0. The van der Waals surface area contributed by atoms with E-state index in [1.54, 1.807) is 45.0 Å². The van der Waals surface area contributed by atoms with Gasteiger partial charge >= 0.3 is 17.9 Å². The minimum Gasteiger partial charge on any atom is -0.480 e. The third kappa shape index (κ3) is 10.8. The summed E-state index contributed by atoms with van der Waals surface area (Å²) in [6.45, 7) is 1.06. The molecule has 2 bridgehead atoms. The average molecular weight is 687 g/mol. The van der Waals surface area contributed by atoms with Gasteiger partial charge in [-0.15, -0.1) is 0 Å². The van der Waals surface area contributed by atoms with Crippen molar-refractivity contribution in [3.05, 3.63) is 69.5 Å². The summed E-state index contributed by atoms with van der Waals surface area (Å²) in [5, 5.41) is 39.7. The number of hydrogen-bond acceptors (Lipinski definition) is 9. The molecule has 0 fully saturated rings. The Morgan fingerprint density at radius 3 is 2.03 bits per heavy atom. The molecule has 13 nitrogen and oxygen atoms in total. The molecule has 1 unspecified atom stereocenters. The average Bonchev–Trinajstić information content (AvgIpc) is 2.84. The minimum atomic E-state index is -1.03. The summed E-state index contributed by atoms with van der Waals surface area (Å²) in [5.41, 5.74) is 1.97. The first kappa shape index (κ1) is 32.6. The summed E-state index contributed by atoms with van der Waals surface area (Å²) in [5.74, 6) is -3.07. The van der Waals surface area contributed by atoms with Crippen molar-refractivity contribution in [2.45, 2.75) is 32.0 Å². The van der Waals surface area contributed by atoms with E-state index in [-0.39, 0.29) is 97.9 Å². The van der Waals surface area contributed by atoms with Crippen molar-refractivity contribution in [2.24, 2.45) is 0 Å². The fourth-order valence-electron chi connectivity index (χ4n) is 4.46. The van der Waals surface area contributed by atoms with E-state index in [2.05, 4.69) is 4.98 Å². The van der Waals surface area contributed by atoms with Crippen molar-refractivity contribution < 1.29 is 74.6 Å². The van der Waals surface area contributed by atoms with E-state index in [4.69, 9.17) is 0 Å². The Bertz CT molecular complexity index is 1150. The Hall–Kier alpha value is -2.62. The zero-order chi connectivity index (χ0) is 27.7. The van der Waals surface area contributed by atoms with E-state index in [9.17, 15) is 39.8 Å². The third-order valence-electron chi connectivity index (χ3n) is 6.35. The van der Waals surface area contributed by atoms with Gasteiger partial charge in [0, 0.05) is 91.3 Å². The van der Waals surface area contributed by atoms with E-state index in [0.29, 0.717) is 24.4 Å². The second-order valence-electron chi connectivity index (χ2n) is 9.18. The molecular formula is C25H31GdN5O8. The largest absolute Gasteiger partial charge is 0.480 e. The Morgan fingerprint density at radius 1 is 0.872 bits per heavy atom. The zero-order valence-corrected chi connectivity index (χ0v) is 23.4. The molecule has 212 valence electrons. The van der Waals surface area contributed by atoms with E-state index in [0.717, 1.165) is 5.56 Å². The van der Waals surface area contributed by atoms with E-state index < -0.39 is 28.9 Å². The maximum atomic E-state index is 12.3. The maximum Gasteiger partial charge on any atom is 0.320 e. The number of fused-ring (bicyclic) bond motifs is 2. The van der Waals surface area contributed by atoms with Crippen molar-refractivity contribution >= 4 is 23.6 Å². The van der Waals surface area contributed by atoms with Crippen LogP contribution < -0.4 is 0 Å². The summed E-state index contributed by atoms with van der Waals surface area (Å²) < 4.78 is 0. The molecule has 2 aromatic rings. The number of aryl methyl sites for hydroxylation is 1. The van der Waals surface area contributed by atoms with Gasteiger partial charge in [0.15, 0.2) is 0 Å². The number of rotatable bonds is 10. The smallest absolute Gasteiger partial charge is 0.320 e. The van der Waals surface area contributed by atoms with Crippen LogP contribution in [0.2, 0.25) is 0 Å². The molecule has 3 N–H and O–H groups in total. The van der Waals surface area contributed by atoms with Gasteiger partial charge in [0.2, 0.25) is 0 Å². The van der Waals surface area contributed by atoms with Gasteiger partial charge in [0.1, 0.15) is 6.04 Å². The Labute approximate surface area is 257 Å². The van der Waals surface area contributed by atoms with Gasteiger partial charge in [-0.2, -0.15) is 0 Å². The van der Waals surface area contributed by atoms with Crippen LogP contribution in [0, 0.1) is 50.1 Å². The second kappa shape index (κ2) is 15.8. The van der Waals surface area contributed by atoms with E-state index in [1.807, 2.05) is 0 Å². The third-order valence-corrected chi connectivity index (χ3v) is 6.35. The standard InChI is InChI=1S/C25H31N5O8.Gd/c31-23(32)16-27-10-11-28(17-24(33)34)14-19-2-1-3-20(26-19)15-29(13-12-27)22(25(35)36)9-6-18-4-7-21(8-5-18)30(37)38;/h1-5,7-8,22H,6,9-17H2,(H,31,32)(H,33,34)(H,35,36);. The van der Waals surface area contributed by atoms with Crippen LogP contribution in [0.3, 0.4) is 0 Å². The predicted molar refractivity (Wildman–Crippen MR) is 134 cm³/mol. The molecule has 0 radical (unpaired) electrons. The number of non-ortho nitro benzene ring substituents is 1. The van der Waals surface area contributed by atoms with Crippen molar-refractivity contribution in [2.75, 3.05) is 39.3 Å². The number of benzene rings is 1. The number of hydrogen-bond donors (Lipinski definition) is 3. The molecule has 3 rings (SSSR count). The van der Waals surface area contributed by atoms with Gasteiger partial charge < -0.3 is 15.3 Å². The van der Waals surface area contributed by atoms with Crippen LogP contribution >= 0.6 is 0 Å². The van der Waals surface area contributed by atoms with Crippen LogP contribution in [0.25, 0.3) is 0 Å². The van der Waals surface area contributed by atoms with Gasteiger partial charge in [-0.25, -0.2) is 0 Å². The molecule has 0 saturated carbocycles.